The van der Waals surface area contributed by atoms with E-state index >= 15 is 0 Å². The zero-order valence-electron chi connectivity index (χ0n) is 16.4. The molecule has 0 aliphatic carbocycles. The predicted molar refractivity (Wildman–Crippen MR) is 116 cm³/mol. The Morgan fingerprint density at radius 1 is 1.07 bits per heavy atom. The third-order valence-corrected chi connectivity index (χ3v) is 5.44. The van der Waals surface area contributed by atoms with Gasteiger partial charge in [-0.15, -0.1) is 12.4 Å². The average molecular weight is 404 g/mol. The standard InChI is InChI=1S/C22H29N3O2.ClH/c1-23-12-9-17-10-13-25(14-11-17)22(27)16-24-21(26)15-19-7-4-6-18-5-2-3-8-20(18)19;/h2-8,17,23H,9-16H2,1H3,(H,24,26);1H. The number of carbonyl (C=O) groups is 2. The first kappa shape index (κ1) is 22.2. The quantitative estimate of drug-likeness (QED) is 0.747. The van der Waals surface area contributed by atoms with Crippen molar-refractivity contribution in [3.05, 3.63) is 48.0 Å². The number of nitrogens with one attached hydrogen (secondary N) is 2. The third kappa shape index (κ3) is 5.94. The van der Waals surface area contributed by atoms with Crippen LogP contribution in [-0.2, 0) is 16.0 Å². The van der Waals surface area contributed by atoms with Gasteiger partial charge in [-0.05, 0) is 55.1 Å². The molecule has 0 aromatic heterocycles. The Labute approximate surface area is 173 Å². The number of likely N-dealkylation sites (tertiary alicyclic amines) is 1. The molecule has 2 aromatic carbocycles. The summed E-state index contributed by atoms with van der Waals surface area (Å²) < 4.78 is 0. The molecule has 2 aromatic rings. The molecule has 1 heterocycles. The van der Waals surface area contributed by atoms with Gasteiger partial charge in [-0.3, -0.25) is 9.59 Å². The van der Waals surface area contributed by atoms with Gasteiger partial charge in [0.05, 0.1) is 13.0 Å². The highest BCUT2D eigenvalue weighted by Crippen LogP contribution is 2.20. The number of carbonyl (C=O) groups excluding carboxylic acids is 2. The zero-order chi connectivity index (χ0) is 19.1. The first-order chi connectivity index (χ1) is 13.2. The van der Waals surface area contributed by atoms with Crippen molar-refractivity contribution < 1.29 is 9.59 Å². The Kier molecular flexibility index (Phi) is 8.74. The van der Waals surface area contributed by atoms with Crippen LogP contribution in [0.3, 0.4) is 0 Å². The number of rotatable bonds is 7. The van der Waals surface area contributed by atoms with Crippen molar-refractivity contribution in [2.45, 2.75) is 25.7 Å². The number of halogens is 1. The molecule has 0 radical (unpaired) electrons. The van der Waals surface area contributed by atoms with Crippen molar-refractivity contribution in [1.29, 1.82) is 0 Å². The van der Waals surface area contributed by atoms with E-state index < -0.39 is 0 Å². The van der Waals surface area contributed by atoms with Gasteiger partial charge >= 0.3 is 0 Å². The number of hydrogen-bond donors (Lipinski definition) is 2. The fourth-order valence-corrected chi connectivity index (χ4v) is 3.79. The third-order valence-electron chi connectivity index (χ3n) is 5.44. The molecule has 5 nitrogen and oxygen atoms in total. The average Bonchev–Trinajstić information content (AvgIpc) is 2.71. The first-order valence-corrected chi connectivity index (χ1v) is 9.83. The van der Waals surface area contributed by atoms with Crippen LogP contribution in [0, 0.1) is 5.92 Å². The minimum atomic E-state index is -0.108. The molecule has 1 aliphatic heterocycles. The van der Waals surface area contributed by atoms with E-state index in [1.807, 2.05) is 54.4 Å². The van der Waals surface area contributed by atoms with Crippen molar-refractivity contribution in [2.75, 3.05) is 33.2 Å². The second-order valence-corrected chi connectivity index (χ2v) is 7.31. The summed E-state index contributed by atoms with van der Waals surface area (Å²) in [5, 5.41) is 8.20. The molecule has 0 atom stereocenters. The van der Waals surface area contributed by atoms with E-state index in [2.05, 4.69) is 10.6 Å². The maximum Gasteiger partial charge on any atom is 0.241 e. The van der Waals surface area contributed by atoms with Gasteiger partial charge in [-0.2, -0.15) is 0 Å². The smallest absolute Gasteiger partial charge is 0.241 e. The molecule has 0 bridgehead atoms. The molecule has 152 valence electrons. The molecule has 2 amide bonds. The summed E-state index contributed by atoms with van der Waals surface area (Å²) in [6.45, 7) is 2.71. The molecule has 0 unspecified atom stereocenters. The van der Waals surface area contributed by atoms with Gasteiger partial charge in [0.25, 0.3) is 0 Å². The summed E-state index contributed by atoms with van der Waals surface area (Å²) in [6, 6.07) is 14.0. The Bertz CT molecular complexity index is 783. The van der Waals surface area contributed by atoms with Gasteiger partial charge in [-0.1, -0.05) is 42.5 Å². The van der Waals surface area contributed by atoms with Crippen molar-refractivity contribution in [1.82, 2.24) is 15.5 Å². The number of benzene rings is 2. The fraction of sp³-hybridized carbons (Fsp3) is 0.455. The predicted octanol–water partition coefficient (Wildman–Crippen LogP) is 2.77. The van der Waals surface area contributed by atoms with Crippen LogP contribution in [0.15, 0.2) is 42.5 Å². The summed E-state index contributed by atoms with van der Waals surface area (Å²) in [4.78, 5) is 26.6. The van der Waals surface area contributed by atoms with Crippen molar-refractivity contribution in [2.24, 2.45) is 5.92 Å². The van der Waals surface area contributed by atoms with E-state index in [1.165, 1.54) is 6.42 Å². The highest BCUT2D eigenvalue weighted by molar-refractivity contribution is 5.91. The van der Waals surface area contributed by atoms with Gasteiger partial charge in [0.2, 0.25) is 11.8 Å². The maximum atomic E-state index is 12.4. The van der Waals surface area contributed by atoms with Crippen molar-refractivity contribution in [3.8, 4) is 0 Å². The SMILES string of the molecule is CNCCC1CCN(C(=O)CNC(=O)Cc2cccc3ccccc23)CC1.Cl. The Morgan fingerprint density at radius 3 is 2.54 bits per heavy atom. The van der Waals surface area contributed by atoms with E-state index in [9.17, 15) is 9.59 Å². The van der Waals surface area contributed by atoms with Crippen LogP contribution in [0.4, 0.5) is 0 Å². The lowest BCUT2D eigenvalue weighted by Gasteiger charge is -2.32. The molecule has 28 heavy (non-hydrogen) atoms. The summed E-state index contributed by atoms with van der Waals surface area (Å²) in [5.74, 6) is 0.611. The van der Waals surface area contributed by atoms with Gasteiger partial charge < -0.3 is 15.5 Å². The molecule has 0 spiro atoms. The van der Waals surface area contributed by atoms with E-state index in [0.717, 1.165) is 48.8 Å². The molecule has 1 aliphatic rings. The summed E-state index contributed by atoms with van der Waals surface area (Å²) in [6.07, 6.45) is 3.57. The highest BCUT2D eigenvalue weighted by Gasteiger charge is 2.22. The zero-order valence-corrected chi connectivity index (χ0v) is 17.3. The van der Waals surface area contributed by atoms with Crippen LogP contribution >= 0.6 is 12.4 Å². The minimum Gasteiger partial charge on any atom is -0.347 e. The van der Waals surface area contributed by atoms with Gasteiger partial charge in [0, 0.05) is 13.1 Å². The second-order valence-electron chi connectivity index (χ2n) is 7.31. The van der Waals surface area contributed by atoms with Crippen LogP contribution in [0.1, 0.15) is 24.8 Å². The molecule has 1 fully saturated rings. The van der Waals surface area contributed by atoms with Crippen LogP contribution < -0.4 is 10.6 Å². The normalized spacial score (nSPS) is 14.5. The molecular weight excluding hydrogens is 374 g/mol. The lowest BCUT2D eigenvalue weighted by molar-refractivity contribution is -0.133. The molecule has 3 rings (SSSR count). The Morgan fingerprint density at radius 2 is 1.79 bits per heavy atom. The summed E-state index contributed by atoms with van der Waals surface area (Å²) >= 11 is 0. The summed E-state index contributed by atoms with van der Waals surface area (Å²) in [5.41, 5.74) is 0.989. The second kappa shape index (κ2) is 11.0. The highest BCUT2D eigenvalue weighted by atomic mass is 35.5. The van der Waals surface area contributed by atoms with Crippen LogP contribution in [0.2, 0.25) is 0 Å². The number of nitrogens with zero attached hydrogens (tertiary/aromatic N) is 1. The number of piperidine rings is 1. The Hall–Kier alpha value is -2.11. The van der Waals surface area contributed by atoms with Gasteiger partial charge in [-0.25, -0.2) is 0 Å². The molecule has 6 heteroatoms. The van der Waals surface area contributed by atoms with Gasteiger partial charge in [0.1, 0.15) is 0 Å². The van der Waals surface area contributed by atoms with Gasteiger partial charge in [0.15, 0.2) is 0 Å². The molecule has 2 N–H and O–H groups in total. The lowest BCUT2D eigenvalue weighted by atomic mass is 9.93. The number of hydrogen-bond acceptors (Lipinski definition) is 3. The first-order valence-electron chi connectivity index (χ1n) is 9.83. The fourth-order valence-electron chi connectivity index (χ4n) is 3.79. The summed E-state index contributed by atoms with van der Waals surface area (Å²) in [7, 11) is 1.97. The van der Waals surface area contributed by atoms with E-state index in [0.29, 0.717) is 12.3 Å². The van der Waals surface area contributed by atoms with Crippen LogP contribution in [-0.4, -0.2) is 49.9 Å². The monoisotopic (exact) mass is 403 g/mol. The minimum absolute atomic E-state index is 0. The number of amides is 2. The number of fused-ring (bicyclic) bond motifs is 1. The van der Waals surface area contributed by atoms with E-state index in [4.69, 9.17) is 0 Å². The lowest BCUT2D eigenvalue weighted by Crippen LogP contribution is -2.44. The van der Waals surface area contributed by atoms with Crippen LogP contribution in [0.5, 0.6) is 0 Å². The molecule has 1 saturated heterocycles. The topological polar surface area (TPSA) is 61.4 Å². The van der Waals surface area contributed by atoms with E-state index in [1.54, 1.807) is 0 Å². The van der Waals surface area contributed by atoms with Crippen molar-refractivity contribution in [3.63, 3.8) is 0 Å². The van der Waals surface area contributed by atoms with E-state index in [-0.39, 0.29) is 30.8 Å². The molecular formula is C22H30ClN3O2. The maximum absolute atomic E-state index is 12.4. The largest absolute Gasteiger partial charge is 0.347 e. The Balaban J connectivity index is 0.00000280. The molecule has 0 saturated carbocycles. The van der Waals surface area contributed by atoms with Crippen molar-refractivity contribution >= 4 is 35.0 Å². The van der Waals surface area contributed by atoms with Crippen LogP contribution in [0.25, 0.3) is 10.8 Å².